The molecule has 0 amide bonds. The first-order valence-corrected chi connectivity index (χ1v) is 10.8. The number of tetrazole rings is 1. The van der Waals surface area contributed by atoms with E-state index in [1.54, 1.807) is 22.9 Å². The van der Waals surface area contributed by atoms with Crippen LogP contribution in [-0.4, -0.2) is 53.0 Å². The maximum Gasteiger partial charge on any atom is 0.232 e. The van der Waals surface area contributed by atoms with Gasteiger partial charge in [-0.3, -0.25) is 9.10 Å². The van der Waals surface area contributed by atoms with Gasteiger partial charge in [-0.2, -0.15) is 0 Å². The smallest absolute Gasteiger partial charge is 0.232 e. The lowest BCUT2D eigenvalue weighted by molar-refractivity contribution is 0.102. The average Bonchev–Trinajstić information content (AvgIpc) is 3.14. The molecule has 0 unspecified atom stereocenters. The Morgan fingerprint density at radius 3 is 2.88 bits per heavy atom. The first kappa shape index (κ1) is 16.5. The number of thioether (sulfide) groups is 1. The number of anilines is 1. The minimum absolute atomic E-state index is 0.0176. The quantitative estimate of drug-likeness (QED) is 0.551. The van der Waals surface area contributed by atoms with E-state index < -0.39 is 10.0 Å². The summed E-state index contributed by atoms with van der Waals surface area (Å²) in [6, 6.07) is 5.58. The molecule has 0 bridgehead atoms. The first-order valence-electron chi connectivity index (χ1n) is 7.98. The number of hydrogen-bond donors (Lipinski definition) is 0. The highest BCUT2D eigenvalue weighted by atomic mass is 32.2. The monoisotopic (exact) mass is 379 g/mol. The summed E-state index contributed by atoms with van der Waals surface area (Å²) in [6.45, 7) is 0.427. The van der Waals surface area contributed by atoms with Crippen LogP contribution in [0, 0.1) is 0 Å². The van der Waals surface area contributed by atoms with Crippen molar-refractivity contribution in [3.05, 3.63) is 29.3 Å². The number of rotatable bonds is 6. The number of ketones is 1. The van der Waals surface area contributed by atoms with Crippen LogP contribution in [0.15, 0.2) is 23.4 Å². The first-order chi connectivity index (χ1) is 11.9. The number of aromatic nitrogens is 4. The van der Waals surface area contributed by atoms with E-state index in [0.29, 0.717) is 35.4 Å². The van der Waals surface area contributed by atoms with Crippen molar-refractivity contribution in [1.29, 1.82) is 0 Å². The van der Waals surface area contributed by atoms with Gasteiger partial charge in [-0.25, -0.2) is 13.1 Å². The number of carbonyl (C=O) groups excluding carboxylic acids is 1. The third kappa shape index (κ3) is 3.28. The van der Waals surface area contributed by atoms with Gasteiger partial charge >= 0.3 is 0 Å². The summed E-state index contributed by atoms with van der Waals surface area (Å²) in [5, 5.41) is 12.3. The van der Waals surface area contributed by atoms with Gasteiger partial charge in [0.05, 0.1) is 23.7 Å². The second kappa shape index (κ2) is 6.10. The molecule has 10 heteroatoms. The van der Waals surface area contributed by atoms with E-state index in [1.807, 2.05) is 0 Å². The third-order valence-electron chi connectivity index (χ3n) is 4.34. The fourth-order valence-electron chi connectivity index (χ4n) is 2.93. The maximum absolute atomic E-state index is 12.5. The SMILES string of the molecule is CS(=O)(=O)N1CCc2cc(C(=O)CSc3nnnn3C3CC3)ccc21. The maximum atomic E-state index is 12.5. The lowest BCUT2D eigenvalue weighted by Crippen LogP contribution is -2.27. The predicted octanol–water partition coefficient (Wildman–Crippen LogP) is 1.31. The van der Waals surface area contributed by atoms with Crippen LogP contribution in [0.3, 0.4) is 0 Å². The lowest BCUT2D eigenvalue weighted by Gasteiger charge is -2.16. The molecule has 0 spiro atoms. The van der Waals surface area contributed by atoms with Crippen LogP contribution in [-0.2, 0) is 16.4 Å². The van der Waals surface area contributed by atoms with Crippen LogP contribution in [0.5, 0.6) is 0 Å². The van der Waals surface area contributed by atoms with Crippen molar-refractivity contribution in [2.24, 2.45) is 0 Å². The summed E-state index contributed by atoms with van der Waals surface area (Å²) in [4.78, 5) is 12.5. The van der Waals surface area contributed by atoms with Crippen LogP contribution in [0.25, 0.3) is 0 Å². The molecule has 1 aliphatic heterocycles. The molecule has 1 aromatic heterocycles. The Kier molecular flexibility index (Phi) is 4.03. The van der Waals surface area contributed by atoms with Crippen LogP contribution in [0.1, 0.15) is 34.8 Å². The zero-order valence-corrected chi connectivity index (χ0v) is 15.3. The number of hydrogen-bond acceptors (Lipinski definition) is 7. The van der Waals surface area contributed by atoms with Crippen molar-refractivity contribution in [2.75, 3.05) is 22.9 Å². The van der Waals surface area contributed by atoms with Gasteiger partial charge in [0.2, 0.25) is 15.2 Å². The largest absolute Gasteiger partial charge is 0.293 e. The van der Waals surface area contributed by atoms with Gasteiger partial charge in [0.15, 0.2) is 5.78 Å². The molecular weight excluding hydrogens is 362 g/mol. The Morgan fingerprint density at radius 1 is 1.36 bits per heavy atom. The molecular formula is C15H17N5O3S2. The number of fused-ring (bicyclic) bond motifs is 1. The molecule has 0 N–H and O–H groups in total. The van der Waals surface area contributed by atoms with Crippen molar-refractivity contribution >= 4 is 33.3 Å². The fraction of sp³-hybridized carbons (Fsp3) is 0.467. The van der Waals surface area contributed by atoms with Crippen LogP contribution in [0.4, 0.5) is 5.69 Å². The average molecular weight is 379 g/mol. The normalized spacial score (nSPS) is 16.9. The van der Waals surface area contributed by atoms with Crippen LogP contribution < -0.4 is 4.31 Å². The molecule has 1 aromatic carbocycles. The van der Waals surface area contributed by atoms with Crippen LogP contribution in [0.2, 0.25) is 0 Å². The zero-order chi connectivity index (χ0) is 17.6. The van der Waals surface area contributed by atoms with Crippen molar-refractivity contribution in [2.45, 2.75) is 30.5 Å². The molecule has 25 heavy (non-hydrogen) atoms. The summed E-state index contributed by atoms with van der Waals surface area (Å²) >= 11 is 1.33. The predicted molar refractivity (Wildman–Crippen MR) is 93.5 cm³/mol. The highest BCUT2D eigenvalue weighted by Crippen LogP contribution is 2.36. The Hall–Kier alpha value is -1.94. The minimum atomic E-state index is -3.28. The van der Waals surface area contributed by atoms with E-state index in [4.69, 9.17) is 0 Å². The van der Waals surface area contributed by atoms with Crippen molar-refractivity contribution < 1.29 is 13.2 Å². The zero-order valence-electron chi connectivity index (χ0n) is 13.6. The van der Waals surface area contributed by atoms with E-state index in [0.717, 1.165) is 18.4 Å². The van der Waals surface area contributed by atoms with E-state index in [9.17, 15) is 13.2 Å². The van der Waals surface area contributed by atoms with Gasteiger partial charge in [0.25, 0.3) is 0 Å². The van der Waals surface area contributed by atoms with E-state index in [-0.39, 0.29) is 11.5 Å². The van der Waals surface area contributed by atoms with Crippen molar-refractivity contribution in [3.63, 3.8) is 0 Å². The Balaban J connectivity index is 1.47. The molecule has 132 valence electrons. The molecule has 2 heterocycles. The summed E-state index contributed by atoms with van der Waals surface area (Å²) in [5.41, 5.74) is 2.15. The Bertz CT molecular complexity index is 936. The van der Waals surface area contributed by atoms with Gasteiger partial charge in [-0.15, -0.1) is 5.10 Å². The molecule has 1 saturated carbocycles. The molecule has 2 aliphatic rings. The number of carbonyl (C=O) groups is 1. The van der Waals surface area contributed by atoms with Gasteiger partial charge in [0, 0.05) is 12.1 Å². The minimum Gasteiger partial charge on any atom is -0.293 e. The van der Waals surface area contributed by atoms with Gasteiger partial charge < -0.3 is 0 Å². The second-order valence-electron chi connectivity index (χ2n) is 6.28. The highest BCUT2D eigenvalue weighted by Gasteiger charge is 2.29. The summed E-state index contributed by atoms with van der Waals surface area (Å²) in [6.07, 6.45) is 3.97. The molecule has 2 aromatic rings. The number of Topliss-reactive ketones (excluding diaryl/α,β-unsaturated/α-hetero) is 1. The number of benzene rings is 1. The standard InChI is InChI=1S/C15H17N5O3S2/c1-25(22,23)19-7-6-10-8-11(2-5-13(10)19)14(21)9-24-15-16-17-18-20(15)12-3-4-12/h2,5,8,12H,3-4,6-7,9H2,1H3. The molecule has 0 atom stereocenters. The fourth-order valence-corrected chi connectivity index (χ4v) is 4.73. The third-order valence-corrected chi connectivity index (χ3v) is 6.46. The summed E-state index contributed by atoms with van der Waals surface area (Å²) in [7, 11) is -3.28. The Labute approximate surface area is 149 Å². The number of nitrogens with zero attached hydrogens (tertiary/aromatic N) is 5. The van der Waals surface area contributed by atoms with E-state index in [1.165, 1.54) is 22.3 Å². The molecule has 0 radical (unpaired) electrons. The van der Waals surface area contributed by atoms with E-state index >= 15 is 0 Å². The highest BCUT2D eigenvalue weighted by molar-refractivity contribution is 7.99. The molecule has 1 fully saturated rings. The van der Waals surface area contributed by atoms with E-state index in [2.05, 4.69) is 15.5 Å². The Morgan fingerprint density at radius 2 is 2.16 bits per heavy atom. The van der Waals surface area contributed by atoms with Gasteiger partial charge in [-0.1, -0.05) is 11.8 Å². The van der Waals surface area contributed by atoms with Crippen molar-refractivity contribution in [1.82, 2.24) is 20.2 Å². The summed E-state index contributed by atoms with van der Waals surface area (Å²) in [5.74, 6) is 0.234. The lowest BCUT2D eigenvalue weighted by atomic mass is 10.1. The number of sulfonamides is 1. The molecule has 1 aliphatic carbocycles. The summed E-state index contributed by atoms with van der Waals surface area (Å²) < 4.78 is 26.7. The molecule has 0 saturated heterocycles. The molecule has 8 nitrogen and oxygen atoms in total. The van der Waals surface area contributed by atoms with Crippen LogP contribution >= 0.6 is 11.8 Å². The topological polar surface area (TPSA) is 98.1 Å². The molecule has 4 rings (SSSR count). The van der Waals surface area contributed by atoms with Gasteiger partial charge in [0.1, 0.15) is 0 Å². The van der Waals surface area contributed by atoms with Gasteiger partial charge in [-0.05, 0) is 53.5 Å². The van der Waals surface area contributed by atoms with Crippen molar-refractivity contribution in [3.8, 4) is 0 Å². The second-order valence-corrected chi connectivity index (χ2v) is 9.13.